The van der Waals surface area contributed by atoms with Crippen molar-refractivity contribution >= 4 is 22.7 Å². The van der Waals surface area contributed by atoms with E-state index in [0.717, 1.165) is 11.1 Å². The Bertz CT molecular complexity index is 1130. The van der Waals surface area contributed by atoms with Gasteiger partial charge in [-0.15, -0.1) is 0 Å². The van der Waals surface area contributed by atoms with Crippen LogP contribution in [0, 0.1) is 0 Å². The van der Waals surface area contributed by atoms with Crippen LogP contribution in [-0.4, -0.2) is 60.6 Å². The molecule has 2 aromatic heterocycles. The maximum absolute atomic E-state index is 5.76. The van der Waals surface area contributed by atoms with Crippen LogP contribution in [0.3, 0.4) is 0 Å². The zero-order valence-electron chi connectivity index (χ0n) is 20.4. The number of hydrogen-bond donors (Lipinski definition) is 2. The fraction of sp³-hybridized carbons (Fsp3) is 0.308. The van der Waals surface area contributed by atoms with Crippen LogP contribution in [-0.2, 0) is 22.6 Å². The van der Waals surface area contributed by atoms with Crippen molar-refractivity contribution in [3.05, 3.63) is 71.8 Å². The topological polar surface area (TPSA) is 113 Å². The molecule has 0 amide bonds. The number of fused-ring (bicyclic) bond motifs is 1. The van der Waals surface area contributed by atoms with Gasteiger partial charge in [-0.1, -0.05) is 60.7 Å². The highest BCUT2D eigenvalue weighted by Crippen LogP contribution is 2.29. The van der Waals surface area contributed by atoms with Gasteiger partial charge in [0.2, 0.25) is 0 Å². The van der Waals surface area contributed by atoms with Gasteiger partial charge in [0, 0.05) is 27.3 Å². The number of aromatic nitrogens is 4. The molecule has 2 aromatic carbocycles. The fourth-order valence-corrected chi connectivity index (χ4v) is 3.35. The quantitative estimate of drug-likeness (QED) is 0.254. The van der Waals surface area contributed by atoms with Gasteiger partial charge in [-0.2, -0.15) is 19.9 Å². The molecular formula is C26H30N6O4. The van der Waals surface area contributed by atoms with E-state index in [9.17, 15) is 0 Å². The molecule has 2 heterocycles. The second-order valence-corrected chi connectivity index (χ2v) is 7.77. The summed E-state index contributed by atoms with van der Waals surface area (Å²) in [6.45, 7) is 2.53. The minimum Gasteiger partial charge on any atom is -0.461 e. The number of nitrogens with one attached hydrogen (secondary N) is 2. The first-order valence-corrected chi connectivity index (χ1v) is 11.7. The van der Waals surface area contributed by atoms with Crippen LogP contribution in [0.5, 0.6) is 12.0 Å². The van der Waals surface area contributed by atoms with Crippen LogP contribution < -0.4 is 20.1 Å². The summed E-state index contributed by atoms with van der Waals surface area (Å²) in [6.07, 6.45) is 0. The van der Waals surface area contributed by atoms with Gasteiger partial charge in [0.25, 0.3) is 0 Å². The lowest BCUT2D eigenvalue weighted by Crippen LogP contribution is -2.13. The number of benzene rings is 2. The summed E-state index contributed by atoms with van der Waals surface area (Å²) in [5.41, 5.74) is 3.23. The molecule has 188 valence electrons. The first-order chi connectivity index (χ1) is 17.8. The van der Waals surface area contributed by atoms with Gasteiger partial charge < -0.3 is 29.6 Å². The third-order valence-corrected chi connectivity index (χ3v) is 5.15. The predicted molar refractivity (Wildman–Crippen MR) is 137 cm³/mol. The van der Waals surface area contributed by atoms with Crippen molar-refractivity contribution < 1.29 is 18.9 Å². The monoisotopic (exact) mass is 490 g/mol. The second kappa shape index (κ2) is 13.2. The van der Waals surface area contributed by atoms with Crippen LogP contribution in [0.1, 0.15) is 11.1 Å². The average molecular weight is 491 g/mol. The van der Waals surface area contributed by atoms with Gasteiger partial charge in [0.15, 0.2) is 11.6 Å². The zero-order valence-corrected chi connectivity index (χ0v) is 20.4. The maximum atomic E-state index is 5.76. The van der Waals surface area contributed by atoms with E-state index in [1.165, 1.54) is 0 Å². The largest absolute Gasteiger partial charge is 0.461 e. The molecule has 4 rings (SSSR count). The standard InChI is InChI=1S/C26H30N6O4/c1-33-13-15-35-25-29-21-22(23(31-25)27-17-19-9-5-3-6-10-19)30-26(36-16-14-34-2)32-24(21)28-18-20-11-7-4-8-12-20/h3-12H,13-18H2,1-2H3,(H,27,29,31)(H,28,30,32). The number of anilines is 2. The molecule has 0 atom stereocenters. The van der Waals surface area contributed by atoms with Crippen molar-refractivity contribution in [3.8, 4) is 12.0 Å². The van der Waals surface area contributed by atoms with E-state index in [4.69, 9.17) is 18.9 Å². The average Bonchev–Trinajstić information content (AvgIpc) is 2.92. The Morgan fingerprint density at radius 3 is 1.36 bits per heavy atom. The normalized spacial score (nSPS) is 10.8. The van der Waals surface area contributed by atoms with E-state index < -0.39 is 0 Å². The minimum atomic E-state index is 0.203. The molecular weight excluding hydrogens is 460 g/mol. The third-order valence-electron chi connectivity index (χ3n) is 5.15. The van der Waals surface area contributed by atoms with E-state index in [0.29, 0.717) is 62.2 Å². The molecule has 0 spiro atoms. The third kappa shape index (κ3) is 7.00. The van der Waals surface area contributed by atoms with Crippen molar-refractivity contribution in [3.63, 3.8) is 0 Å². The van der Waals surface area contributed by atoms with E-state index in [1.807, 2.05) is 60.7 Å². The number of hydrogen-bond acceptors (Lipinski definition) is 10. The summed E-state index contributed by atoms with van der Waals surface area (Å²) in [5.74, 6) is 1.02. The van der Waals surface area contributed by atoms with Crippen molar-refractivity contribution in [1.82, 2.24) is 19.9 Å². The van der Waals surface area contributed by atoms with Crippen molar-refractivity contribution in [2.45, 2.75) is 13.1 Å². The Kier molecular flexibility index (Phi) is 9.18. The van der Waals surface area contributed by atoms with Crippen LogP contribution in [0.15, 0.2) is 60.7 Å². The summed E-state index contributed by atoms with van der Waals surface area (Å²) < 4.78 is 21.7. The van der Waals surface area contributed by atoms with Gasteiger partial charge in [-0.05, 0) is 11.1 Å². The first-order valence-electron chi connectivity index (χ1n) is 11.7. The molecule has 10 heteroatoms. The lowest BCUT2D eigenvalue weighted by atomic mass is 10.2. The van der Waals surface area contributed by atoms with E-state index in [1.54, 1.807) is 14.2 Å². The summed E-state index contributed by atoms with van der Waals surface area (Å²) in [4.78, 5) is 18.4. The summed E-state index contributed by atoms with van der Waals surface area (Å²) in [5, 5.41) is 6.74. The summed E-state index contributed by atoms with van der Waals surface area (Å²) in [7, 11) is 3.23. The molecule has 0 saturated heterocycles. The summed E-state index contributed by atoms with van der Waals surface area (Å²) >= 11 is 0. The Hall–Kier alpha value is -4.02. The Morgan fingerprint density at radius 1 is 0.556 bits per heavy atom. The van der Waals surface area contributed by atoms with Crippen LogP contribution in [0.25, 0.3) is 11.0 Å². The van der Waals surface area contributed by atoms with Crippen LogP contribution in [0.4, 0.5) is 11.6 Å². The number of rotatable bonds is 14. The lowest BCUT2D eigenvalue weighted by molar-refractivity contribution is 0.140. The molecule has 0 aliphatic heterocycles. The molecule has 0 aliphatic rings. The molecule has 0 aliphatic carbocycles. The molecule has 4 aromatic rings. The zero-order chi connectivity index (χ0) is 25.0. The van der Waals surface area contributed by atoms with Gasteiger partial charge >= 0.3 is 12.0 Å². The molecule has 0 radical (unpaired) electrons. The number of methoxy groups -OCH3 is 2. The lowest BCUT2D eigenvalue weighted by Gasteiger charge is -2.15. The van der Waals surface area contributed by atoms with Gasteiger partial charge in [-0.25, -0.2) is 0 Å². The summed E-state index contributed by atoms with van der Waals surface area (Å²) in [6, 6.07) is 20.5. The maximum Gasteiger partial charge on any atom is 0.319 e. The highest BCUT2D eigenvalue weighted by molar-refractivity contribution is 5.93. The first kappa shape index (κ1) is 25.1. The molecule has 36 heavy (non-hydrogen) atoms. The van der Waals surface area contributed by atoms with Gasteiger partial charge in [0.05, 0.1) is 13.2 Å². The Balaban J connectivity index is 1.72. The minimum absolute atomic E-state index is 0.203. The van der Waals surface area contributed by atoms with Crippen molar-refractivity contribution in [1.29, 1.82) is 0 Å². The highest BCUT2D eigenvalue weighted by Gasteiger charge is 2.18. The fourth-order valence-electron chi connectivity index (χ4n) is 3.35. The van der Waals surface area contributed by atoms with Crippen molar-refractivity contribution in [2.75, 3.05) is 51.3 Å². The van der Waals surface area contributed by atoms with Gasteiger partial charge in [0.1, 0.15) is 24.2 Å². The van der Waals surface area contributed by atoms with Crippen LogP contribution in [0.2, 0.25) is 0 Å². The van der Waals surface area contributed by atoms with E-state index in [2.05, 4.69) is 30.6 Å². The number of ether oxygens (including phenoxy) is 4. The Labute approximate surface area is 210 Å². The van der Waals surface area contributed by atoms with E-state index >= 15 is 0 Å². The molecule has 10 nitrogen and oxygen atoms in total. The molecule has 0 unspecified atom stereocenters. The molecule has 0 fully saturated rings. The highest BCUT2D eigenvalue weighted by atomic mass is 16.5. The van der Waals surface area contributed by atoms with Crippen LogP contribution >= 0.6 is 0 Å². The van der Waals surface area contributed by atoms with Crippen molar-refractivity contribution in [2.24, 2.45) is 0 Å². The smallest absolute Gasteiger partial charge is 0.319 e. The predicted octanol–water partition coefficient (Wildman–Crippen LogP) is 3.69. The SMILES string of the molecule is COCCOc1nc(NCc2ccccc2)c2nc(OCCOC)nc(NCc3ccccc3)c2n1. The Morgan fingerprint density at radius 2 is 0.972 bits per heavy atom. The van der Waals surface area contributed by atoms with E-state index in [-0.39, 0.29) is 12.0 Å². The number of nitrogens with zero attached hydrogens (tertiary/aromatic N) is 4. The molecule has 0 saturated carbocycles. The second-order valence-electron chi connectivity index (χ2n) is 7.77. The van der Waals surface area contributed by atoms with Gasteiger partial charge in [-0.3, -0.25) is 0 Å². The molecule has 2 N–H and O–H groups in total. The molecule has 0 bridgehead atoms.